The quantitative estimate of drug-likeness (QED) is 0.189. The fourth-order valence-corrected chi connectivity index (χ4v) is 4.25. The van der Waals surface area contributed by atoms with Gasteiger partial charge in [-0.05, 0) is 95.0 Å². The Morgan fingerprint density at radius 2 is 1.88 bits per heavy atom. The Balaban J connectivity index is 1.83. The van der Waals surface area contributed by atoms with Crippen LogP contribution in [0.5, 0.6) is 11.5 Å². The summed E-state index contributed by atoms with van der Waals surface area (Å²) in [6, 6.07) is 19.4. The minimum Gasteiger partial charge on any atom is -0.493 e. The number of ether oxygens (including phenoxy) is 2. The van der Waals surface area contributed by atoms with Crippen LogP contribution in [-0.4, -0.2) is 13.0 Å². The lowest BCUT2D eigenvalue weighted by atomic mass is 10.1. The van der Waals surface area contributed by atoms with Crippen LogP contribution in [0, 0.1) is 28.7 Å². The molecule has 1 amide bonds. The van der Waals surface area contributed by atoms with E-state index in [0.717, 1.165) is 21.1 Å². The van der Waals surface area contributed by atoms with Gasteiger partial charge in [-0.15, -0.1) is 0 Å². The zero-order valence-corrected chi connectivity index (χ0v) is 21.9. The molecule has 0 atom stereocenters. The Morgan fingerprint density at radius 1 is 1.12 bits per heavy atom. The summed E-state index contributed by atoms with van der Waals surface area (Å²) in [5.74, 6) is 0.710. The highest BCUT2D eigenvalue weighted by Gasteiger charge is 2.15. The number of carbonyl (C=O) groups excluding carboxylic acids is 1. The van der Waals surface area contributed by atoms with Crippen LogP contribution in [-0.2, 0) is 17.8 Å². The van der Waals surface area contributed by atoms with Gasteiger partial charge in [-0.2, -0.15) is 5.26 Å². The Bertz CT molecular complexity index is 1280. The van der Waals surface area contributed by atoms with Crippen LogP contribution < -0.4 is 14.8 Å². The van der Waals surface area contributed by atoms with Crippen LogP contribution in [0.4, 0.5) is 5.69 Å². The molecule has 0 aliphatic heterocycles. The molecule has 0 radical (unpaired) electrons. The van der Waals surface area contributed by atoms with E-state index < -0.39 is 5.91 Å². The first-order valence-corrected chi connectivity index (χ1v) is 12.0. The molecule has 0 heterocycles. The summed E-state index contributed by atoms with van der Waals surface area (Å²) in [5, 5.41) is 12.5. The second-order valence-corrected chi connectivity index (χ2v) is 9.04. The molecule has 3 aromatic rings. The predicted octanol–water partition coefficient (Wildman–Crippen LogP) is 6.60. The van der Waals surface area contributed by atoms with Crippen LogP contribution >= 0.6 is 22.6 Å². The Hall–Kier alpha value is -3.31. The van der Waals surface area contributed by atoms with Gasteiger partial charge in [0.15, 0.2) is 11.5 Å². The lowest BCUT2D eigenvalue weighted by Gasteiger charge is -2.14. The lowest BCUT2D eigenvalue weighted by Crippen LogP contribution is -2.14. The van der Waals surface area contributed by atoms with Gasteiger partial charge in [0.1, 0.15) is 18.2 Å². The highest BCUT2D eigenvalue weighted by molar-refractivity contribution is 14.1. The van der Waals surface area contributed by atoms with E-state index >= 15 is 0 Å². The topological polar surface area (TPSA) is 71.4 Å². The minimum atomic E-state index is -0.451. The second-order valence-electron chi connectivity index (χ2n) is 7.88. The molecular formula is C28H27IN2O3. The number of rotatable bonds is 8. The average molecular weight is 566 g/mol. The minimum absolute atomic E-state index is 0.00700. The van der Waals surface area contributed by atoms with Gasteiger partial charge in [-0.1, -0.05) is 43.3 Å². The Morgan fingerprint density at radius 3 is 2.56 bits per heavy atom. The van der Waals surface area contributed by atoms with Crippen molar-refractivity contribution in [2.75, 3.05) is 12.4 Å². The highest BCUT2D eigenvalue weighted by atomic mass is 127. The number of hydrogen-bond donors (Lipinski definition) is 1. The summed E-state index contributed by atoms with van der Waals surface area (Å²) in [7, 11) is 1.57. The van der Waals surface area contributed by atoms with Crippen LogP contribution in [0.3, 0.4) is 0 Å². The fourth-order valence-electron chi connectivity index (χ4n) is 3.47. The van der Waals surface area contributed by atoms with Crippen molar-refractivity contribution in [2.45, 2.75) is 33.8 Å². The number of aryl methyl sites for hydroxylation is 3. The number of carbonyl (C=O) groups is 1. The van der Waals surface area contributed by atoms with Gasteiger partial charge in [-0.25, -0.2) is 0 Å². The van der Waals surface area contributed by atoms with E-state index in [2.05, 4.69) is 53.9 Å². The molecule has 3 rings (SSSR count). The van der Waals surface area contributed by atoms with Crippen molar-refractivity contribution in [3.63, 3.8) is 0 Å². The molecule has 3 aromatic carbocycles. The second kappa shape index (κ2) is 11.7. The average Bonchev–Trinajstić information content (AvgIpc) is 2.83. The number of methoxy groups -OCH3 is 1. The van der Waals surface area contributed by atoms with Gasteiger partial charge in [0, 0.05) is 5.69 Å². The summed E-state index contributed by atoms with van der Waals surface area (Å²) in [6.07, 6.45) is 2.34. The standard InChI is InChI=1S/C28H27IN2O3/c1-5-22-8-6-7-9-25(22)31-28(32)23(16-30)13-21-14-24(29)27(26(15-21)33-4)34-17-20-11-10-18(2)19(3)12-20/h6-15H,5,17H2,1-4H3,(H,31,32)/b23-13+. The van der Waals surface area contributed by atoms with E-state index in [1.807, 2.05) is 49.4 Å². The summed E-state index contributed by atoms with van der Waals surface area (Å²) in [5.41, 5.74) is 5.92. The van der Waals surface area contributed by atoms with E-state index in [1.165, 1.54) is 11.1 Å². The number of para-hydroxylation sites is 1. The van der Waals surface area contributed by atoms with Crippen LogP contribution in [0.25, 0.3) is 6.08 Å². The predicted molar refractivity (Wildman–Crippen MR) is 144 cm³/mol. The van der Waals surface area contributed by atoms with E-state index in [0.29, 0.717) is 29.4 Å². The monoisotopic (exact) mass is 566 g/mol. The smallest absolute Gasteiger partial charge is 0.266 e. The maximum Gasteiger partial charge on any atom is 0.266 e. The van der Waals surface area contributed by atoms with Gasteiger partial charge < -0.3 is 14.8 Å². The molecule has 0 aromatic heterocycles. The highest BCUT2D eigenvalue weighted by Crippen LogP contribution is 2.35. The molecule has 5 nitrogen and oxygen atoms in total. The van der Waals surface area contributed by atoms with E-state index in [9.17, 15) is 10.1 Å². The summed E-state index contributed by atoms with van der Waals surface area (Å²) >= 11 is 2.18. The SMILES string of the molecule is CCc1ccccc1NC(=O)/C(C#N)=C/c1cc(I)c(OCc2ccc(C)c(C)c2)c(OC)c1. The molecule has 0 aliphatic carbocycles. The number of nitrogens with zero attached hydrogens (tertiary/aromatic N) is 1. The maximum absolute atomic E-state index is 12.8. The third-order valence-electron chi connectivity index (χ3n) is 5.53. The number of amides is 1. The number of nitriles is 1. The van der Waals surface area contributed by atoms with Crippen LogP contribution in [0.2, 0.25) is 0 Å². The molecule has 0 spiro atoms. The van der Waals surface area contributed by atoms with Crippen molar-refractivity contribution in [1.82, 2.24) is 0 Å². The number of benzene rings is 3. The molecule has 1 N–H and O–H groups in total. The molecule has 0 bridgehead atoms. The molecule has 0 fully saturated rings. The molecule has 34 heavy (non-hydrogen) atoms. The van der Waals surface area contributed by atoms with Crippen molar-refractivity contribution in [3.05, 3.63) is 91.6 Å². The molecule has 0 saturated carbocycles. The van der Waals surface area contributed by atoms with E-state index in [4.69, 9.17) is 9.47 Å². The van der Waals surface area contributed by atoms with Crippen molar-refractivity contribution in [2.24, 2.45) is 0 Å². The molecule has 6 heteroatoms. The molecule has 0 aliphatic rings. The third kappa shape index (κ3) is 6.17. The number of nitrogens with one attached hydrogen (secondary N) is 1. The molecule has 0 saturated heterocycles. The van der Waals surface area contributed by atoms with E-state index in [1.54, 1.807) is 19.3 Å². The van der Waals surface area contributed by atoms with E-state index in [-0.39, 0.29) is 5.57 Å². The van der Waals surface area contributed by atoms with Gasteiger partial charge in [0.2, 0.25) is 0 Å². The summed E-state index contributed by atoms with van der Waals surface area (Å²) < 4.78 is 12.5. The maximum atomic E-state index is 12.8. The first kappa shape index (κ1) is 25.3. The van der Waals surface area contributed by atoms with Crippen molar-refractivity contribution in [3.8, 4) is 17.6 Å². The number of halogens is 1. The third-order valence-corrected chi connectivity index (χ3v) is 6.33. The fraction of sp³-hybridized carbons (Fsp3) is 0.214. The number of hydrogen-bond acceptors (Lipinski definition) is 4. The van der Waals surface area contributed by atoms with Gasteiger partial charge in [0.25, 0.3) is 5.91 Å². The van der Waals surface area contributed by atoms with Gasteiger partial charge in [0.05, 0.1) is 10.7 Å². The zero-order chi connectivity index (χ0) is 24.7. The van der Waals surface area contributed by atoms with Gasteiger partial charge >= 0.3 is 0 Å². The zero-order valence-electron chi connectivity index (χ0n) is 19.7. The van der Waals surface area contributed by atoms with Gasteiger partial charge in [-0.3, -0.25) is 4.79 Å². The largest absolute Gasteiger partial charge is 0.493 e. The summed E-state index contributed by atoms with van der Waals surface area (Å²) in [6.45, 7) is 6.58. The lowest BCUT2D eigenvalue weighted by molar-refractivity contribution is -0.112. The normalized spacial score (nSPS) is 11.0. The van der Waals surface area contributed by atoms with Crippen molar-refractivity contribution >= 4 is 40.3 Å². The first-order chi connectivity index (χ1) is 16.4. The van der Waals surface area contributed by atoms with Crippen LogP contribution in [0.1, 0.15) is 34.7 Å². The first-order valence-electron chi connectivity index (χ1n) is 10.9. The Labute approximate surface area is 214 Å². The van der Waals surface area contributed by atoms with Crippen molar-refractivity contribution in [1.29, 1.82) is 5.26 Å². The number of anilines is 1. The van der Waals surface area contributed by atoms with Crippen molar-refractivity contribution < 1.29 is 14.3 Å². The molecular weight excluding hydrogens is 539 g/mol. The summed E-state index contributed by atoms with van der Waals surface area (Å²) in [4.78, 5) is 12.8. The molecule has 0 unspecified atom stereocenters. The van der Waals surface area contributed by atoms with Crippen LogP contribution in [0.15, 0.2) is 60.2 Å². The Kier molecular flexibility index (Phi) is 8.72. The molecule has 174 valence electrons.